The van der Waals surface area contributed by atoms with E-state index >= 15 is 0 Å². The van der Waals surface area contributed by atoms with E-state index in [9.17, 15) is 4.79 Å². The summed E-state index contributed by atoms with van der Waals surface area (Å²) in [4.78, 5) is 15.8. The van der Waals surface area contributed by atoms with Crippen LogP contribution in [0.25, 0.3) is 0 Å². The highest BCUT2D eigenvalue weighted by Crippen LogP contribution is 2.13. The van der Waals surface area contributed by atoms with Gasteiger partial charge in [0.1, 0.15) is 5.69 Å². The number of benzene rings is 4. The van der Waals surface area contributed by atoms with Crippen molar-refractivity contribution in [1.29, 1.82) is 0 Å². The van der Waals surface area contributed by atoms with Crippen molar-refractivity contribution in [1.82, 2.24) is 0 Å². The second kappa shape index (κ2) is 16.2. The third-order valence-corrected chi connectivity index (χ3v) is 6.14. The van der Waals surface area contributed by atoms with Crippen LogP contribution < -0.4 is 10.3 Å². The number of carbonyl (C=O) groups is 1. The van der Waals surface area contributed by atoms with E-state index in [1.165, 1.54) is 11.1 Å². The van der Waals surface area contributed by atoms with Gasteiger partial charge in [0.2, 0.25) is 5.69 Å². The number of hydrogen-bond donors (Lipinski definition) is 2. The van der Waals surface area contributed by atoms with Crippen LogP contribution in [0.15, 0.2) is 157 Å². The van der Waals surface area contributed by atoms with Crippen molar-refractivity contribution in [2.75, 3.05) is 0 Å². The monoisotopic (exact) mass is 526 g/mol. The number of nitrogens with one attached hydrogen (secondary N) is 1. The van der Waals surface area contributed by atoms with Crippen molar-refractivity contribution in [3.05, 3.63) is 180 Å². The zero-order valence-electron chi connectivity index (χ0n) is 23.5. The van der Waals surface area contributed by atoms with Crippen LogP contribution in [0.4, 0.5) is 11.4 Å². The van der Waals surface area contributed by atoms with E-state index in [1.807, 2.05) is 110 Å². The molecule has 4 aromatic carbocycles. The molecule has 4 aromatic rings. The Morgan fingerprint density at radius 1 is 0.725 bits per heavy atom. The van der Waals surface area contributed by atoms with Crippen LogP contribution in [-0.2, 0) is 0 Å². The number of ketones is 1. The predicted octanol–water partition coefficient (Wildman–Crippen LogP) is 6.47. The van der Waals surface area contributed by atoms with Gasteiger partial charge in [0.15, 0.2) is 12.0 Å². The fourth-order valence-electron chi connectivity index (χ4n) is 3.82. The van der Waals surface area contributed by atoms with Gasteiger partial charge in [0.25, 0.3) is 0 Å². The fraction of sp³-hybridized carbons (Fsp3) is 0.0811. The highest BCUT2D eigenvalue weighted by molar-refractivity contribution is 6.09. The van der Waals surface area contributed by atoms with Crippen LogP contribution in [0.1, 0.15) is 34.0 Å². The molecule has 0 atom stereocenters. The van der Waals surface area contributed by atoms with Gasteiger partial charge in [-0.2, -0.15) is 0 Å². The SMILES string of the molecule is C=CC(=C\C=[NH+]c1ccc(C)cc1)/C(/C=C\[NH2+]c1ccc(C(=O)c2ccccc2)cc1)=C/C.Cc1ccccc1. The quantitative estimate of drug-likeness (QED) is 0.112. The lowest BCUT2D eigenvalue weighted by atomic mass is 10.0. The van der Waals surface area contributed by atoms with Gasteiger partial charge in [-0.3, -0.25) is 10.1 Å². The molecule has 3 heteroatoms. The number of aryl methyl sites for hydroxylation is 2. The minimum absolute atomic E-state index is 0.0325. The minimum Gasteiger partial charge on any atom is -0.289 e. The summed E-state index contributed by atoms with van der Waals surface area (Å²) >= 11 is 0. The Kier molecular flexibility index (Phi) is 12.0. The van der Waals surface area contributed by atoms with Crippen LogP contribution in [0, 0.1) is 13.8 Å². The molecular formula is C37H38N2O+2. The van der Waals surface area contributed by atoms with E-state index < -0.39 is 0 Å². The molecule has 0 spiro atoms. The first-order valence-corrected chi connectivity index (χ1v) is 13.4. The normalized spacial score (nSPS) is 11.8. The summed E-state index contributed by atoms with van der Waals surface area (Å²) in [7, 11) is 0. The third-order valence-electron chi connectivity index (χ3n) is 6.14. The molecule has 0 unspecified atom stereocenters. The van der Waals surface area contributed by atoms with Crippen molar-refractivity contribution in [2.24, 2.45) is 0 Å². The van der Waals surface area contributed by atoms with Crippen molar-refractivity contribution in [3.8, 4) is 0 Å². The van der Waals surface area contributed by atoms with Crippen LogP contribution in [0.5, 0.6) is 0 Å². The Balaban J connectivity index is 0.000000547. The summed E-state index contributed by atoms with van der Waals surface area (Å²) in [5, 5.41) is 2.02. The summed E-state index contributed by atoms with van der Waals surface area (Å²) in [5.74, 6) is 0.0325. The van der Waals surface area contributed by atoms with Gasteiger partial charge in [-0.1, -0.05) is 103 Å². The number of nitrogens with two attached hydrogens (primary N) is 1. The molecule has 4 rings (SSSR count). The Hall–Kier alpha value is -4.86. The van der Waals surface area contributed by atoms with E-state index in [-0.39, 0.29) is 5.78 Å². The number of hydrogen-bond acceptors (Lipinski definition) is 1. The Bertz CT molecular complexity index is 1480. The molecule has 0 aliphatic rings. The molecule has 0 heterocycles. The van der Waals surface area contributed by atoms with Crippen LogP contribution in [0.2, 0.25) is 0 Å². The molecule has 0 aromatic heterocycles. The van der Waals surface area contributed by atoms with Crippen molar-refractivity contribution >= 4 is 23.4 Å². The van der Waals surface area contributed by atoms with Crippen LogP contribution >= 0.6 is 0 Å². The zero-order chi connectivity index (χ0) is 28.6. The van der Waals surface area contributed by atoms with Gasteiger partial charge in [-0.25, -0.2) is 4.99 Å². The van der Waals surface area contributed by atoms with Gasteiger partial charge < -0.3 is 0 Å². The summed E-state index contributed by atoms with van der Waals surface area (Å²) in [6, 6.07) is 35.5. The van der Waals surface area contributed by atoms with Crippen molar-refractivity contribution < 1.29 is 15.1 Å². The van der Waals surface area contributed by atoms with Crippen molar-refractivity contribution in [2.45, 2.75) is 20.8 Å². The highest BCUT2D eigenvalue weighted by atomic mass is 16.1. The molecule has 0 saturated heterocycles. The molecule has 3 N–H and O–H groups in total. The number of allylic oxidation sites excluding steroid dienone is 6. The molecule has 0 aliphatic heterocycles. The zero-order valence-corrected chi connectivity index (χ0v) is 23.5. The standard InChI is InChI=1S/C30H28N2O.C7H8/c1-4-24(19-21-31-28-15-11-23(3)12-16-28)25(5-2)20-22-32-29-17-13-27(14-18-29)30(33)26-9-7-6-8-10-26;1-7-5-3-2-4-6-7/h4-22,32H,1H2,2-3H3;2-6H,1H3/p+2/b22-20-,24-19+,25-5+,31-21?;. The van der Waals surface area contributed by atoms with E-state index in [2.05, 4.69) is 74.0 Å². The number of quaternary nitrogens is 1. The lowest BCUT2D eigenvalue weighted by molar-refractivity contribution is -0.496. The molecule has 0 aliphatic carbocycles. The molecule has 0 bridgehead atoms. The Morgan fingerprint density at radius 2 is 1.30 bits per heavy atom. The smallest absolute Gasteiger partial charge is 0.203 e. The molecule has 40 heavy (non-hydrogen) atoms. The topological polar surface area (TPSA) is 47.6 Å². The van der Waals surface area contributed by atoms with Gasteiger partial charge in [0, 0.05) is 41.5 Å². The lowest BCUT2D eigenvalue weighted by Crippen LogP contribution is -2.70. The van der Waals surface area contributed by atoms with E-state index in [0.29, 0.717) is 11.1 Å². The Labute approximate surface area is 238 Å². The number of carbonyl (C=O) groups excluding carboxylic acids is 1. The fourth-order valence-corrected chi connectivity index (χ4v) is 3.82. The first-order chi connectivity index (χ1) is 19.5. The summed E-state index contributed by atoms with van der Waals surface area (Å²) in [6.07, 6.45) is 11.9. The maximum absolute atomic E-state index is 12.5. The van der Waals surface area contributed by atoms with E-state index in [0.717, 1.165) is 22.5 Å². The maximum Gasteiger partial charge on any atom is 0.203 e. The largest absolute Gasteiger partial charge is 0.289 e. The second-order valence-corrected chi connectivity index (χ2v) is 9.24. The molecule has 0 radical (unpaired) electrons. The average molecular weight is 527 g/mol. The second-order valence-electron chi connectivity index (χ2n) is 9.24. The third kappa shape index (κ3) is 9.79. The molecule has 0 fully saturated rings. The van der Waals surface area contributed by atoms with Gasteiger partial charge in [-0.15, -0.1) is 0 Å². The van der Waals surface area contributed by atoms with Gasteiger partial charge in [-0.05, 0) is 50.1 Å². The minimum atomic E-state index is 0.0325. The van der Waals surface area contributed by atoms with Gasteiger partial charge in [0.05, 0.1) is 6.20 Å². The molecular weight excluding hydrogens is 488 g/mol. The average Bonchev–Trinajstić information content (AvgIpc) is 3.00. The highest BCUT2D eigenvalue weighted by Gasteiger charge is 2.08. The summed E-state index contributed by atoms with van der Waals surface area (Å²) in [6.45, 7) is 10.1. The lowest BCUT2D eigenvalue weighted by Gasteiger charge is -2.02. The van der Waals surface area contributed by atoms with Crippen LogP contribution in [-0.4, -0.2) is 12.0 Å². The van der Waals surface area contributed by atoms with Crippen molar-refractivity contribution in [3.63, 3.8) is 0 Å². The van der Waals surface area contributed by atoms with E-state index in [1.54, 1.807) is 0 Å². The van der Waals surface area contributed by atoms with E-state index in [4.69, 9.17) is 0 Å². The first-order valence-electron chi connectivity index (χ1n) is 13.4. The van der Waals surface area contributed by atoms with Gasteiger partial charge >= 0.3 is 0 Å². The maximum atomic E-state index is 12.5. The molecule has 0 saturated carbocycles. The summed E-state index contributed by atoms with van der Waals surface area (Å²) in [5.41, 5.74) is 8.10. The Morgan fingerprint density at radius 3 is 1.85 bits per heavy atom. The molecule has 200 valence electrons. The first kappa shape index (κ1) is 29.7. The molecule has 0 amide bonds. The predicted molar refractivity (Wildman–Crippen MR) is 168 cm³/mol. The number of rotatable bonds is 9. The van der Waals surface area contributed by atoms with Crippen LogP contribution in [0.3, 0.4) is 0 Å². The summed E-state index contributed by atoms with van der Waals surface area (Å²) < 4.78 is 0. The molecule has 3 nitrogen and oxygen atoms in total.